The summed E-state index contributed by atoms with van der Waals surface area (Å²) < 4.78 is 104. The molecule has 1 rings (SSSR count). The van der Waals surface area contributed by atoms with E-state index in [1.807, 2.05) is 0 Å². The van der Waals surface area contributed by atoms with E-state index >= 15 is 0 Å². The number of hydrogen-bond acceptors (Lipinski definition) is 1. The van der Waals surface area contributed by atoms with Gasteiger partial charge in [-0.1, -0.05) is 6.92 Å². The van der Waals surface area contributed by atoms with Crippen molar-refractivity contribution in [3.8, 4) is 0 Å². The molecular weight excluding hydrogens is 264 g/mol. The summed E-state index contributed by atoms with van der Waals surface area (Å²) in [5.41, 5.74) is -5.07. The summed E-state index contributed by atoms with van der Waals surface area (Å²) in [4.78, 5) is 0. The number of rotatable bonds is 1. The molecule has 1 aliphatic heterocycles. The lowest BCUT2D eigenvalue weighted by Crippen LogP contribution is -2.61. The van der Waals surface area contributed by atoms with Crippen LogP contribution in [-0.2, 0) is 4.74 Å². The van der Waals surface area contributed by atoms with Gasteiger partial charge in [0.15, 0.2) is 0 Å². The maximum Gasteiger partial charge on any atom is 0.452 e. The first-order valence-electron chi connectivity index (χ1n) is 4.58. The van der Waals surface area contributed by atoms with Crippen LogP contribution in [0.4, 0.5) is 35.1 Å². The highest BCUT2D eigenvalue weighted by atomic mass is 19.4. The highest BCUT2D eigenvalue weighted by Crippen LogP contribution is 2.59. The minimum absolute atomic E-state index is 0.358. The van der Waals surface area contributed by atoms with Crippen molar-refractivity contribution in [2.75, 3.05) is 0 Å². The van der Waals surface area contributed by atoms with Gasteiger partial charge < -0.3 is 4.74 Å². The van der Waals surface area contributed by atoms with Crippen molar-refractivity contribution in [2.45, 2.75) is 49.7 Å². The molecule has 1 heterocycles. The number of ether oxygens (including phenoxy) is 1. The summed E-state index contributed by atoms with van der Waals surface area (Å²) in [5.74, 6) is -5.35. The van der Waals surface area contributed by atoms with Crippen molar-refractivity contribution < 1.29 is 39.9 Å². The van der Waals surface area contributed by atoms with Gasteiger partial charge in [-0.3, -0.25) is 0 Å². The summed E-state index contributed by atoms with van der Waals surface area (Å²) in [6, 6.07) is 0. The molecule has 0 amide bonds. The lowest BCUT2D eigenvalue weighted by atomic mass is 9.92. The van der Waals surface area contributed by atoms with Crippen LogP contribution in [0.5, 0.6) is 0 Å². The molecule has 9 heteroatoms. The molecule has 0 N–H and O–H groups in total. The van der Waals surface area contributed by atoms with Crippen molar-refractivity contribution in [2.24, 2.45) is 0 Å². The maximum absolute atomic E-state index is 13.5. The van der Waals surface area contributed by atoms with E-state index in [1.165, 1.54) is 6.92 Å². The third-order valence-corrected chi connectivity index (χ3v) is 2.62. The normalized spacial score (nSPS) is 39.7. The molecular formula is C8H8F8O. The molecule has 0 bridgehead atoms. The van der Waals surface area contributed by atoms with Gasteiger partial charge in [0.05, 0.1) is 6.10 Å². The van der Waals surface area contributed by atoms with Gasteiger partial charge in [-0.25, -0.2) is 4.39 Å². The summed E-state index contributed by atoms with van der Waals surface area (Å²) in [7, 11) is 0. The van der Waals surface area contributed by atoms with Crippen LogP contribution in [0.2, 0.25) is 0 Å². The molecule has 0 saturated carbocycles. The molecule has 17 heavy (non-hydrogen) atoms. The van der Waals surface area contributed by atoms with E-state index in [-0.39, 0.29) is 6.42 Å². The molecule has 0 aliphatic carbocycles. The predicted octanol–water partition coefficient (Wildman–Crippen LogP) is 3.68. The standard InChI is InChI=1S/C8H8F8O/c1-2-4-3-5(9,7(11,12)13)6(10,17-4)8(14,15)16/h4H,2-3H2,1H3. The van der Waals surface area contributed by atoms with E-state index < -0.39 is 36.4 Å². The second-order valence-corrected chi connectivity index (χ2v) is 3.74. The second kappa shape index (κ2) is 3.69. The zero-order valence-corrected chi connectivity index (χ0v) is 8.42. The van der Waals surface area contributed by atoms with Crippen LogP contribution in [0, 0.1) is 0 Å². The Bertz CT molecular complexity index is 269. The van der Waals surface area contributed by atoms with E-state index in [1.54, 1.807) is 0 Å². The van der Waals surface area contributed by atoms with Gasteiger partial charge in [-0.15, -0.1) is 0 Å². The SMILES string of the molecule is CCC1CC(F)(C(F)(F)F)C(F)(C(F)(F)F)O1. The minimum atomic E-state index is -6.10. The average molecular weight is 272 g/mol. The third-order valence-electron chi connectivity index (χ3n) is 2.62. The molecule has 102 valence electrons. The van der Waals surface area contributed by atoms with Gasteiger partial charge in [-0.05, 0) is 6.42 Å². The zero-order chi connectivity index (χ0) is 13.7. The highest BCUT2D eigenvalue weighted by molar-refractivity contribution is 5.10. The molecule has 0 aromatic carbocycles. The molecule has 0 spiro atoms. The molecule has 0 aromatic heterocycles. The van der Waals surface area contributed by atoms with Crippen LogP contribution < -0.4 is 0 Å². The quantitative estimate of drug-likeness (QED) is 0.661. The van der Waals surface area contributed by atoms with Crippen molar-refractivity contribution in [3.05, 3.63) is 0 Å². The number of hydrogen-bond donors (Lipinski definition) is 0. The Morgan fingerprint density at radius 2 is 1.53 bits per heavy atom. The van der Waals surface area contributed by atoms with Crippen LogP contribution in [0.15, 0.2) is 0 Å². The smallest absolute Gasteiger partial charge is 0.333 e. The molecule has 3 atom stereocenters. The Morgan fingerprint density at radius 3 is 1.76 bits per heavy atom. The summed E-state index contributed by atoms with van der Waals surface area (Å²) >= 11 is 0. The van der Waals surface area contributed by atoms with E-state index in [0.29, 0.717) is 0 Å². The average Bonchev–Trinajstić information content (AvgIpc) is 2.39. The van der Waals surface area contributed by atoms with Gasteiger partial charge >= 0.3 is 18.2 Å². The second-order valence-electron chi connectivity index (χ2n) is 3.74. The lowest BCUT2D eigenvalue weighted by molar-refractivity contribution is -0.395. The van der Waals surface area contributed by atoms with E-state index in [9.17, 15) is 35.1 Å². The van der Waals surface area contributed by atoms with Crippen LogP contribution >= 0.6 is 0 Å². The monoisotopic (exact) mass is 272 g/mol. The summed E-state index contributed by atoms with van der Waals surface area (Å²) in [6.07, 6.45) is -15.9. The molecule has 0 radical (unpaired) electrons. The first-order chi connectivity index (χ1) is 7.39. The molecule has 3 unspecified atom stereocenters. The van der Waals surface area contributed by atoms with Crippen molar-refractivity contribution in [3.63, 3.8) is 0 Å². The predicted molar refractivity (Wildman–Crippen MR) is 39.6 cm³/mol. The van der Waals surface area contributed by atoms with E-state index in [0.717, 1.165) is 0 Å². The van der Waals surface area contributed by atoms with Gasteiger partial charge in [0.2, 0.25) is 0 Å². The molecule has 1 fully saturated rings. The molecule has 1 aliphatic rings. The third kappa shape index (κ3) is 1.88. The van der Waals surface area contributed by atoms with Crippen LogP contribution in [0.25, 0.3) is 0 Å². The fraction of sp³-hybridized carbons (Fsp3) is 1.00. The van der Waals surface area contributed by atoms with E-state index in [2.05, 4.69) is 4.74 Å². The van der Waals surface area contributed by atoms with E-state index in [4.69, 9.17) is 0 Å². The Hall–Kier alpha value is -0.600. The first-order valence-corrected chi connectivity index (χ1v) is 4.58. The fourth-order valence-corrected chi connectivity index (χ4v) is 1.63. The number of alkyl halides is 8. The largest absolute Gasteiger partial charge is 0.452 e. The Kier molecular flexibility index (Phi) is 3.14. The van der Waals surface area contributed by atoms with Crippen molar-refractivity contribution in [1.82, 2.24) is 0 Å². The zero-order valence-electron chi connectivity index (χ0n) is 8.42. The first kappa shape index (κ1) is 14.5. The Labute approximate surface area is 90.7 Å². The van der Waals surface area contributed by atoms with Gasteiger partial charge in [0.25, 0.3) is 5.67 Å². The topological polar surface area (TPSA) is 9.23 Å². The molecule has 1 nitrogen and oxygen atoms in total. The highest BCUT2D eigenvalue weighted by Gasteiger charge is 2.84. The molecule has 1 saturated heterocycles. The van der Waals surface area contributed by atoms with Crippen LogP contribution in [0.3, 0.4) is 0 Å². The fourth-order valence-electron chi connectivity index (χ4n) is 1.63. The Morgan fingerprint density at radius 1 is 1.06 bits per heavy atom. The van der Waals surface area contributed by atoms with Gasteiger partial charge in [0.1, 0.15) is 0 Å². The maximum atomic E-state index is 13.5. The number of halogens is 8. The minimum Gasteiger partial charge on any atom is -0.333 e. The van der Waals surface area contributed by atoms with Crippen molar-refractivity contribution in [1.29, 1.82) is 0 Å². The summed E-state index contributed by atoms with van der Waals surface area (Å²) in [6.45, 7) is 1.17. The van der Waals surface area contributed by atoms with Gasteiger partial charge in [-0.2, -0.15) is 30.7 Å². The van der Waals surface area contributed by atoms with Crippen LogP contribution in [-0.4, -0.2) is 30.0 Å². The summed E-state index contributed by atoms with van der Waals surface area (Å²) in [5, 5.41) is 0. The molecule has 0 aromatic rings. The Balaban J connectivity index is 3.27. The van der Waals surface area contributed by atoms with Crippen LogP contribution in [0.1, 0.15) is 19.8 Å². The van der Waals surface area contributed by atoms with Gasteiger partial charge in [0, 0.05) is 6.42 Å². The lowest BCUT2D eigenvalue weighted by Gasteiger charge is -2.34. The van der Waals surface area contributed by atoms with Crippen molar-refractivity contribution >= 4 is 0 Å².